The fraction of sp³-hybridized carbons (Fsp3) is 0.533. The highest BCUT2D eigenvalue weighted by Crippen LogP contribution is 2.17. The van der Waals surface area contributed by atoms with Gasteiger partial charge in [0.2, 0.25) is 0 Å². The number of piperidine rings is 1. The lowest BCUT2D eigenvalue weighted by Gasteiger charge is -2.32. The first-order valence-corrected chi connectivity index (χ1v) is 7.04. The number of anilines is 1. The van der Waals surface area contributed by atoms with Crippen molar-refractivity contribution < 1.29 is 4.79 Å². The van der Waals surface area contributed by atoms with Crippen LogP contribution in [0.2, 0.25) is 0 Å². The molecule has 1 aromatic rings. The maximum atomic E-state index is 11.4. The van der Waals surface area contributed by atoms with Gasteiger partial charge in [0.15, 0.2) is 0 Å². The highest BCUT2D eigenvalue weighted by Gasteiger charge is 2.17. The molecule has 104 valence electrons. The van der Waals surface area contributed by atoms with Crippen LogP contribution in [-0.2, 0) is 0 Å². The lowest BCUT2D eigenvalue weighted by Crippen LogP contribution is -2.38. The van der Waals surface area contributed by atoms with Crippen LogP contribution in [0.4, 0.5) is 5.69 Å². The minimum Gasteiger partial charge on any atom is -0.382 e. The second-order valence-corrected chi connectivity index (χ2v) is 5.01. The lowest BCUT2D eigenvalue weighted by atomic mass is 10.0. The van der Waals surface area contributed by atoms with E-state index in [1.54, 1.807) is 7.05 Å². The van der Waals surface area contributed by atoms with Gasteiger partial charge in [-0.05, 0) is 43.7 Å². The lowest BCUT2D eigenvalue weighted by molar-refractivity contribution is 0.0963. The molecule has 4 nitrogen and oxygen atoms in total. The first-order chi connectivity index (χ1) is 9.22. The minimum absolute atomic E-state index is 0.0391. The summed E-state index contributed by atoms with van der Waals surface area (Å²) in [7, 11) is 1.65. The van der Waals surface area contributed by atoms with Gasteiger partial charge in [-0.25, -0.2) is 0 Å². The normalized spacial score (nSPS) is 17.2. The topological polar surface area (TPSA) is 44.4 Å². The van der Waals surface area contributed by atoms with Crippen LogP contribution in [-0.4, -0.2) is 43.5 Å². The molecule has 1 saturated heterocycles. The molecule has 0 radical (unpaired) electrons. The third-order valence-corrected chi connectivity index (χ3v) is 3.78. The number of benzene rings is 1. The molecule has 0 spiro atoms. The van der Waals surface area contributed by atoms with Gasteiger partial charge < -0.3 is 15.5 Å². The Morgan fingerprint density at radius 1 is 1.26 bits per heavy atom. The van der Waals surface area contributed by atoms with E-state index in [0.717, 1.165) is 12.2 Å². The number of hydrogen-bond donors (Lipinski definition) is 2. The summed E-state index contributed by atoms with van der Waals surface area (Å²) in [5, 5.41) is 6.18. The number of hydrogen-bond acceptors (Lipinski definition) is 3. The molecular weight excluding hydrogens is 238 g/mol. The molecule has 2 rings (SSSR count). The molecule has 4 heteroatoms. The summed E-state index contributed by atoms with van der Waals surface area (Å²) in [6, 6.07) is 8.24. The molecule has 1 aliphatic heterocycles. The number of nitrogens with zero attached hydrogens (tertiary/aromatic N) is 1. The molecule has 1 fully saturated rings. The quantitative estimate of drug-likeness (QED) is 0.870. The Labute approximate surface area is 115 Å². The summed E-state index contributed by atoms with van der Waals surface area (Å²) in [5.74, 6) is -0.0391. The van der Waals surface area contributed by atoms with Crippen molar-refractivity contribution >= 4 is 11.6 Å². The zero-order valence-electron chi connectivity index (χ0n) is 11.8. The van der Waals surface area contributed by atoms with Gasteiger partial charge in [0.1, 0.15) is 0 Å². The summed E-state index contributed by atoms with van der Waals surface area (Å²) >= 11 is 0. The van der Waals surface area contributed by atoms with Gasteiger partial charge in [0, 0.05) is 37.4 Å². The monoisotopic (exact) mass is 261 g/mol. The molecule has 0 saturated carbocycles. The van der Waals surface area contributed by atoms with E-state index in [-0.39, 0.29) is 5.91 Å². The molecule has 0 atom stereocenters. The van der Waals surface area contributed by atoms with Crippen molar-refractivity contribution in [3.63, 3.8) is 0 Å². The number of rotatable bonds is 4. The maximum Gasteiger partial charge on any atom is 0.251 e. The second kappa shape index (κ2) is 6.57. The summed E-state index contributed by atoms with van der Waals surface area (Å²) in [6.07, 6.45) is 2.37. The van der Waals surface area contributed by atoms with E-state index in [9.17, 15) is 4.79 Å². The molecule has 1 heterocycles. The summed E-state index contributed by atoms with van der Waals surface area (Å²) in [5.41, 5.74) is 1.80. The van der Waals surface area contributed by atoms with Crippen molar-refractivity contribution in [1.82, 2.24) is 10.2 Å². The second-order valence-electron chi connectivity index (χ2n) is 5.01. The Morgan fingerprint density at radius 3 is 2.42 bits per heavy atom. The standard InChI is InChI=1S/C15H23N3O/c1-3-18-10-8-14(9-11-18)17-13-6-4-12(5-7-13)15(19)16-2/h4-7,14,17H,3,8-11H2,1-2H3,(H,16,19). The Morgan fingerprint density at radius 2 is 1.89 bits per heavy atom. The smallest absolute Gasteiger partial charge is 0.251 e. The van der Waals surface area contributed by atoms with E-state index in [1.807, 2.05) is 24.3 Å². The largest absolute Gasteiger partial charge is 0.382 e. The van der Waals surface area contributed by atoms with Crippen LogP contribution in [0, 0.1) is 0 Å². The summed E-state index contributed by atoms with van der Waals surface area (Å²) < 4.78 is 0. The first-order valence-electron chi connectivity index (χ1n) is 7.04. The predicted molar refractivity (Wildman–Crippen MR) is 78.6 cm³/mol. The zero-order chi connectivity index (χ0) is 13.7. The Balaban J connectivity index is 1.88. The molecule has 19 heavy (non-hydrogen) atoms. The Kier molecular flexibility index (Phi) is 4.80. The van der Waals surface area contributed by atoms with Gasteiger partial charge in [-0.15, -0.1) is 0 Å². The predicted octanol–water partition coefficient (Wildman–Crippen LogP) is 1.94. The SMILES string of the molecule is CCN1CCC(Nc2ccc(C(=O)NC)cc2)CC1. The van der Waals surface area contributed by atoms with Gasteiger partial charge >= 0.3 is 0 Å². The van der Waals surface area contributed by atoms with Crippen LogP contribution in [0.3, 0.4) is 0 Å². The molecule has 0 unspecified atom stereocenters. The van der Waals surface area contributed by atoms with Crippen LogP contribution in [0.5, 0.6) is 0 Å². The first kappa shape index (κ1) is 13.9. The molecule has 1 amide bonds. The average Bonchev–Trinajstić information content (AvgIpc) is 2.48. The molecular formula is C15H23N3O. The van der Waals surface area contributed by atoms with Crippen molar-refractivity contribution in [3.8, 4) is 0 Å². The fourth-order valence-electron chi connectivity index (χ4n) is 2.49. The number of carbonyl (C=O) groups excluding carboxylic acids is 1. The van der Waals surface area contributed by atoms with Crippen molar-refractivity contribution in [1.29, 1.82) is 0 Å². The van der Waals surface area contributed by atoms with Gasteiger partial charge in [-0.1, -0.05) is 6.92 Å². The minimum atomic E-state index is -0.0391. The number of likely N-dealkylation sites (tertiary alicyclic amines) is 1. The summed E-state index contributed by atoms with van der Waals surface area (Å²) in [4.78, 5) is 13.9. The number of carbonyl (C=O) groups is 1. The number of amides is 1. The molecule has 0 aliphatic carbocycles. The van der Waals surface area contributed by atoms with E-state index in [2.05, 4.69) is 22.5 Å². The van der Waals surface area contributed by atoms with Gasteiger partial charge in [-0.2, -0.15) is 0 Å². The van der Waals surface area contributed by atoms with Gasteiger partial charge in [0.05, 0.1) is 0 Å². The summed E-state index contributed by atoms with van der Waals surface area (Å²) in [6.45, 7) is 5.70. The fourth-order valence-corrected chi connectivity index (χ4v) is 2.49. The highest BCUT2D eigenvalue weighted by atomic mass is 16.1. The van der Waals surface area contributed by atoms with Crippen molar-refractivity contribution in [2.24, 2.45) is 0 Å². The molecule has 0 bridgehead atoms. The van der Waals surface area contributed by atoms with Crippen LogP contribution in [0.1, 0.15) is 30.1 Å². The van der Waals surface area contributed by atoms with Crippen molar-refractivity contribution in [3.05, 3.63) is 29.8 Å². The zero-order valence-corrected chi connectivity index (χ0v) is 11.8. The van der Waals surface area contributed by atoms with Crippen molar-refractivity contribution in [2.45, 2.75) is 25.8 Å². The van der Waals surface area contributed by atoms with E-state index in [0.29, 0.717) is 11.6 Å². The third-order valence-electron chi connectivity index (χ3n) is 3.78. The van der Waals surface area contributed by atoms with E-state index in [4.69, 9.17) is 0 Å². The molecule has 1 aliphatic rings. The van der Waals surface area contributed by atoms with E-state index >= 15 is 0 Å². The highest BCUT2D eigenvalue weighted by molar-refractivity contribution is 5.94. The molecule has 0 aromatic heterocycles. The molecule has 1 aromatic carbocycles. The van der Waals surface area contributed by atoms with E-state index in [1.165, 1.54) is 25.9 Å². The maximum absolute atomic E-state index is 11.4. The van der Waals surface area contributed by atoms with Gasteiger partial charge in [0.25, 0.3) is 5.91 Å². The van der Waals surface area contributed by atoms with Gasteiger partial charge in [-0.3, -0.25) is 4.79 Å². The Hall–Kier alpha value is -1.55. The number of nitrogens with one attached hydrogen (secondary N) is 2. The van der Waals surface area contributed by atoms with Crippen molar-refractivity contribution in [2.75, 3.05) is 32.0 Å². The Bertz CT molecular complexity index is 408. The third kappa shape index (κ3) is 3.70. The van der Waals surface area contributed by atoms with Crippen LogP contribution in [0.25, 0.3) is 0 Å². The van der Waals surface area contributed by atoms with Crippen LogP contribution in [0.15, 0.2) is 24.3 Å². The molecule has 2 N–H and O–H groups in total. The average molecular weight is 261 g/mol. The van der Waals surface area contributed by atoms with E-state index < -0.39 is 0 Å². The van der Waals surface area contributed by atoms with Crippen LogP contribution >= 0.6 is 0 Å². The van der Waals surface area contributed by atoms with Crippen LogP contribution < -0.4 is 10.6 Å².